The second-order valence-electron chi connectivity index (χ2n) is 20.3. The Bertz CT molecular complexity index is 1460. The lowest BCUT2D eigenvalue weighted by molar-refractivity contribution is -0.870. The number of nitrogens with zero attached hydrogens (tertiary/aromatic N) is 1. The van der Waals surface area contributed by atoms with Gasteiger partial charge in [0, 0.05) is 13.0 Å². The van der Waals surface area contributed by atoms with Crippen molar-refractivity contribution in [2.75, 3.05) is 54.1 Å². The molecular formula is C62H110NO7P. The van der Waals surface area contributed by atoms with E-state index in [4.69, 9.17) is 18.5 Å². The molecule has 0 saturated carbocycles. The fourth-order valence-corrected chi connectivity index (χ4v) is 8.43. The van der Waals surface area contributed by atoms with Crippen LogP contribution in [0.4, 0.5) is 0 Å². The van der Waals surface area contributed by atoms with Crippen molar-refractivity contribution < 1.29 is 37.3 Å². The summed E-state index contributed by atoms with van der Waals surface area (Å²) >= 11 is 0. The zero-order chi connectivity index (χ0) is 51.9. The van der Waals surface area contributed by atoms with Crippen LogP contribution in [0.1, 0.15) is 232 Å². The van der Waals surface area contributed by atoms with E-state index < -0.39 is 13.9 Å². The van der Waals surface area contributed by atoms with Crippen LogP contribution in [-0.2, 0) is 27.9 Å². The summed E-state index contributed by atoms with van der Waals surface area (Å²) in [5, 5.41) is 0. The van der Waals surface area contributed by atoms with Gasteiger partial charge < -0.3 is 27.9 Å². The van der Waals surface area contributed by atoms with Crippen molar-refractivity contribution in [2.24, 2.45) is 0 Å². The van der Waals surface area contributed by atoms with Crippen LogP contribution in [0.2, 0.25) is 0 Å². The van der Waals surface area contributed by atoms with Crippen LogP contribution in [0.15, 0.2) is 97.2 Å². The monoisotopic (exact) mass is 1010 g/mol. The molecule has 0 N–H and O–H groups in total. The molecule has 0 radical (unpaired) electrons. The lowest BCUT2D eigenvalue weighted by Gasteiger charge is -2.28. The highest BCUT2D eigenvalue weighted by Gasteiger charge is 2.20. The largest absolute Gasteiger partial charge is 0.756 e. The Kier molecular flexibility index (Phi) is 51.8. The van der Waals surface area contributed by atoms with Gasteiger partial charge in [-0.05, 0) is 96.3 Å². The maximum atomic E-state index is 12.8. The van der Waals surface area contributed by atoms with Gasteiger partial charge in [-0.3, -0.25) is 9.36 Å². The van der Waals surface area contributed by atoms with Gasteiger partial charge in [-0.15, -0.1) is 0 Å². The summed E-state index contributed by atoms with van der Waals surface area (Å²) in [6.07, 6.45) is 74.5. The highest BCUT2D eigenvalue weighted by molar-refractivity contribution is 7.45. The predicted molar refractivity (Wildman–Crippen MR) is 305 cm³/mol. The standard InChI is InChI=1S/C62H110NO7P/c1-6-8-10-12-14-16-18-20-22-24-26-28-30-32-33-35-37-39-41-43-45-47-49-51-53-55-62(64)70-61(60-69-71(65,66)68-58-56-63(3,4)5)59-67-57-54-52-50-48-46-44-42-40-38-36-34-31-29-27-25-23-21-19-17-15-13-11-9-7-2/h8,10,14,16,20,22,25-28,32-33,37,39,43,45,61H,6-7,9,11-13,15,17-19,21,23-24,29-31,34-36,38,40-42,44,46-60H2,1-5H3/b10-8-,16-14-,22-20-,27-25-,28-26-,33-32-,39-37-,45-43-. The van der Waals surface area contributed by atoms with E-state index in [-0.39, 0.29) is 32.2 Å². The molecule has 0 aromatic rings. The average Bonchev–Trinajstić information content (AvgIpc) is 3.33. The first-order valence-corrected chi connectivity index (χ1v) is 30.4. The fourth-order valence-electron chi connectivity index (χ4n) is 7.70. The first-order valence-electron chi connectivity index (χ1n) is 29.0. The maximum Gasteiger partial charge on any atom is 0.306 e. The number of carbonyl (C=O) groups excluding carboxylic acids is 1. The maximum absolute atomic E-state index is 12.8. The minimum atomic E-state index is -4.55. The van der Waals surface area contributed by atoms with Gasteiger partial charge in [-0.25, -0.2) is 0 Å². The molecule has 8 nitrogen and oxygen atoms in total. The Morgan fingerprint density at radius 2 is 0.817 bits per heavy atom. The molecule has 0 aromatic carbocycles. The number of hydrogen-bond acceptors (Lipinski definition) is 7. The second-order valence-corrected chi connectivity index (χ2v) is 21.7. The van der Waals surface area contributed by atoms with Crippen molar-refractivity contribution in [1.29, 1.82) is 0 Å². The number of unbranched alkanes of at least 4 members (excludes halogenated alkanes) is 23. The van der Waals surface area contributed by atoms with Gasteiger partial charge in [-0.1, -0.05) is 227 Å². The molecule has 0 fully saturated rings. The Morgan fingerprint density at radius 3 is 1.24 bits per heavy atom. The Balaban J connectivity index is 4.17. The van der Waals surface area contributed by atoms with Gasteiger partial charge in [0.05, 0.1) is 34.4 Å². The quantitative estimate of drug-likeness (QED) is 0.0197. The van der Waals surface area contributed by atoms with Gasteiger partial charge in [-0.2, -0.15) is 0 Å². The average molecular weight is 1010 g/mol. The molecule has 71 heavy (non-hydrogen) atoms. The molecule has 410 valence electrons. The topological polar surface area (TPSA) is 94.1 Å². The van der Waals surface area contributed by atoms with Crippen LogP contribution in [0.25, 0.3) is 0 Å². The number of hydrogen-bond donors (Lipinski definition) is 0. The van der Waals surface area contributed by atoms with E-state index in [9.17, 15) is 14.3 Å². The highest BCUT2D eigenvalue weighted by Crippen LogP contribution is 2.38. The van der Waals surface area contributed by atoms with Gasteiger partial charge in [0.25, 0.3) is 7.82 Å². The van der Waals surface area contributed by atoms with Crippen molar-refractivity contribution in [3.05, 3.63) is 97.2 Å². The SMILES string of the molecule is CC/C=C\C/C=C\C/C=C\C/C=C\C/C=C\C/C=C\C/C=C\CCCCCC(=O)OC(COCCCCCCCCCCCCCC/C=C\CCCCCCCCCC)COP(=O)([O-])OCC[N+](C)(C)C. The first kappa shape index (κ1) is 68.4. The van der Waals surface area contributed by atoms with Gasteiger partial charge in [0.1, 0.15) is 19.3 Å². The predicted octanol–water partition coefficient (Wildman–Crippen LogP) is 17.9. The normalized spacial score (nSPS) is 14.2. The number of esters is 1. The van der Waals surface area contributed by atoms with E-state index in [2.05, 4.69) is 111 Å². The molecule has 2 atom stereocenters. The number of likely N-dealkylation sites (N-methyl/N-ethyl adjacent to an activating group) is 1. The zero-order valence-corrected chi connectivity index (χ0v) is 47.5. The van der Waals surface area contributed by atoms with Crippen molar-refractivity contribution in [3.63, 3.8) is 0 Å². The summed E-state index contributed by atoms with van der Waals surface area (Å²) in [5.74, 6) is -0.366. The lowest BCUT2D eigenvalue weighted by Crippen LogP contribution is -2.37. The molecule has 2 unspecified atom stereocenters. The van der Waals surface area contributed by atoms with Crippen molar-refractivity contribution >= 4 is 13.8 Å². The Hall–Kier alpha value is -2.58. The number of quaternary nitrogens is 1. The van der Waals surface area contributed by atoms with E-state index in [0.717, 1.165) is 77.0 Å². The van der Waals surface area contributed by atoms with Crippen LogP contribution in [-0.4, -0.2) is 70.7 Å². The third-order valence-corrected chi connectivity index (χ3v) is 13.1. The first-order chi connectivity index (χ1) is 34.6. The number of allylic oxidation sites excluding steroid dienone is 16. The second kappa shape index (κ2) is 53.7. The Labute approximate surface area is 438 Å². The molecule has 0 bridgehead atoms. The molecule has 9 heteroatoms. The molecule has 0 heterocycles. The highest BCUT2D eigenvalue weighted by atomic mass is 31.2. The lowest BCUT2D eigenvalue weighted by atomic mass is 10.0. The van der Waals surface area contributed by atoms with E-state index in [1.54, 1.807) is 0 Å². The van der Waals surface area contributed by atoms with E-state index in [1.165, 1.54) is 128 Å². The number of phosphoric ester groups is 1. The molecule has 0 rings (SSSR count). The van der Waals surface area contributed by atoms with Gasteiger partial charge in [0.15, 0.2) is 0 Å². The number of phosphoric acid groups is 1. The molecule has 0 saturated heterocycles. The molecule has 0 aliphatic heterocycles. The minimum Gasteiger partial charge on any atom is -0.756 e. The summed E-state index contributed by atoms with van der Waals surface area (Å²) in [4.78, 5) is 25.3. The summed E-state index contributed by atoms with van der Waals surface area (Å²) in [6, 6.07) is 0. The van der Waals surface area contributed by atoms with Gasteiger partial charge in [0.2, 0.25) is 0 Å². The molecule has 0 spiro atoms. The third kappa shape index (κ3) is 58.2. The Morgan fingerprint density at radius 1 is 0.451 bits per heavy atom. The van der Waals surface area contributed by atoms with Crippen molar-refractivity contribution in [2.45, 2.75) is 238 Å². The third-order valence-electron chi connectivity index (χ3n) is 12.1. The van der Waals surface area contributed by atoms with E-state index in [0.29, 0.717) is 24.1 Å². The van der Waals surface area contributed by atoms with Gasteiger partial charge >= 0.3 is 5.97 Å². The number of ether oxygens (including phenoxy) is 2. The van der Waals surface area contributed by atoms with Crippen LogP contribution in [0, 0.1) is 0 Å². The molecule has 0 aliphatic rings. The van der Waals surface area contributed by atoms with Crippen LogP contribution >= 0.6 is 7.82 Å². The number of rotatable bonds is 53. The molecule has 0 aromatic heterocycles. The summed E-state index contributed by atoms with van der Waals surface area (Å²) < 4.78 is 34.8. The molecule has 0 aliphatic carbocycles. The van der Waals surface area contributed by atoms with Crippen LogP contribution in [0.5, 0.6) is 0 Å². The summed E-state index contributed by atoms with van der Waals surface area (Å²) in [7, 11) is 1.32. The summed E-state index contributed by atoms with van der Waals surface area (Å²) in [6.45, 7) is 5.26. The van der Waals surface area contributed by atoms with Crippen LogP contribution < -0.4 is 4.89 Å². The zero-order valence-electron chi connectivity index (χ0n) is 46.6. The molecular weight excluding hydrogens is 902 g/mol. The smallest absolute Gasteiger partial charge is 0.306 e. The van der Waals surface area contributed by atoms with Crippen LogP contribution in [0.3, 0.4) is 0 Å². The van der Waals surface area contributed by atoms with Crippen molar-refractivity contribution in [3.8, 4) is 0 Å². The number of carbonyl (C=O) groups is 1. The minimum absolute atomic E-state index is 0.0145. The summed E-state index contributed by atoms with van der Waals surface area (Å²) in [5.41, 5.74) is 0. The molecule has 0 amide bonds. The van der Waals surface area contributed by atoms with E-state index >= 15 is 0 Å². The van der Waals surface area contributed by atoms with Crippen molar-refractivity contribution in [1.82, 2.24) is 0 Å². The van der Waals surface area contributed by atoms with E-state index in [1.807, 2.05) is 21.1 Å². The fraction of sp³-hybridized carbons (Fsp3) is 0.726.